The first-order valence-electron chi connectivity index (χ1n) is 3.57. The van der Waals surface area contributed by atoms with Crippen molar-refractivity contribution in [2.24, 2.45) is 0 Å². The van der Waals surface area contributed by atoms with E-state index in [9.17, 15) is 4.39 Å². The minimum absolute atomic E-state index is 0.246. The minimum Gasteiger partial charge on any atom is -0.496 e. The molecular formula is C9H10BrFO. The van der Waals surface area contributed by atoms with E-state index >= 15 is 0 Å². The third kappa shape index (κ3) is 1.46. The Balaban J connectivity index is 3.42. The maximum absolute atomic E-state index is 13.1. The van der Waals surface area contributed by atoms with Crippen LogP contribution >= 0.6 is 15.9 Å². The average molecular weight is 233 g/mol. The van der Waals surface area contributed by atoms with Gasteiger partial charge in [-0.25, -0.2) is 4.39 Å². The van der Waals surface area contributed by atoms with Crippen molar-refractivity contribution in [1.29, 1.82) is 0 Å². The molecule has 66 valence electrons. The Morgan fingerprint density at radius 1 is 1.33 bits per heavy atom. The summed E-state index contributed by atoms with van der Waals surface area (Å²) in [5, 5.41) is 0. The second-order valence-corrected chi connectivity index (χ2v) is 3.48. The van der Waals surface area contributed by atoms with Gasteiger partial charge in [0.25, 0.3) is 0 Å². The van der Waals surface area contributed by atoms with E-state index in [1.54, 1.807) is 14.0 Å². The Bertz CT molecular complexity index is 284. The van der Waals surface area contributed by atoms with E-state index in [1.807, 2.05) is 6.92 Å². The summed E-state index contributed by atoms with van der Waals surface area (Å²) in [6, 6.07) is 1.45. The van der Waals surface area contributed by atoms with Crippen LogP contribution in [0.1, 0.15) is 11.1 Å². The molecule has 1 aromatic carbocycles. The largest absolute Gasteiger partial charge is 0.496 e. The zero-order valence-electron chi connectivity index (χ0n) is 7.24. The Hall–Kier alpha value is -0.570. The summed E-state index contributed by atoms with van der Waals surface area (Å²) in [6.07, 6.45) is 0. The minimum atomic E-state index is -0.246. The number of ether oxygens (including phenoxy) is 1. The van der Waals surface area contributed by atoms with Gasteiger partial charge >= 0.3 is 0 Å². The smallest absolute Gasteiger partial charge is 0.130 e. The summed E-state index contributed by atoms with van der Waals surface area (Å²) in [6.45, 7) is 3.59. The van der Waals surface area contributed by atoms with Crippen molar-refractivity contribution < 1.29 is 9.13 Å². The quantitative estimate of drug-likeness (QED) is 0.723. The van der Waals surface area contributed by atoms with E-state index in [1.165, 1.54) is 6.07 Å². The molecule has 1 rings (SSSR count). The highest BCUT2D eigenvalue weighted by atomic mass is 79.9. The zero-order valence-corrected chi connectivity index (χ0v) is 8.83. The fraction of sp³-hybridized carbons (Fsp3) is 0.333. The number of hydrogen-bond donors (Lipinski definition) is 0. The highest BCUT2D eigenvalue weighted by Gasteiger charge is 2.10. The second-order valence-electron chi connectivity index (χ2n) is 2.62. The Morgan fingerprint density at radius 3 is 2.42 bits per heavy atom. The number of rotatable bonds is 1. The van der Waals surface area contributed by atoms with Crippen LogP contribution in [-0.2, 0) is 0 Å². The summed E-state index contributed by atoms with van der Waals surface area (Å²) in [5.41, 5.74) is 1.48. The molecule has 3 heteroatoms. The first kappa shape index (κ1) is 9.52. The standard InChI is InChI=1S/C9H10BrFO/c1-5-7(10)4-8(11)6(2)9(5)12-3/h4H,1-3H3. The predicted octanol–water partition coefficient (Wildman–Crippen LogP) is 3.21. The molecule has 0 spiro atoms. The first-order chi connectivity index (χ1) is 5.57. The van der Waals surface area contributed by atoms with Crippen molar-refractivity contribution >= 4 is 15.9 Å². The van der Waals surface area contributed by atoms with Crippen molar-refractivity contribution in [1.82, 2.24) is 0 Å². The maximum Gasteiger partial charge on any atom is 0.130 e. The maximum atomic E-state index is 13.1. The molecule has 1 nitrogen and oxygen atoms in total. The van der Waals surface area contributed by atoms with Gasteiger partial charge < -0.3 is 4.74 Å². The lowest BCUT2D eigenvalue weighted by atomic mass is 10.1. The first-order valence-corrected chi connectivity index (χ1v) is 4.36. The lowest BCUT2D eigenvalue weighted by Gasteiger charge is -2.10. The molecule has 0 bridgehead atoms. The third-order valence-corrected chi connectivity index (χ3v) is 2.68. The van der Waals surface area contributed by atoms with Gasteiger partial charge in [0.1, 0.15) is 11.6 Å². The van der Waals surface area contributed by atoms with E-state index in [0.29, 0.717) is 11.3 Å². The van der Waals surface area contributed by atoms with Gasteiger partial charge in [-0.1, -0.05) is 15.9 Å². The molecule has 0 heterocycles. The number of methoxy groups -OCH3 is 1. The van der Waals surface area contributed by atoms with Gasteiger partial charge in [0.05, 0.1) is 7.11 Å². The third-order valence-electron chi connectivity index (χ3n) is 1.86. The fourth-order valence-corrected chi connectivity index (χ4v) is 1.51. The van der Waals surface area contributed by atoms with Crippen molar-refractivity contribution in [2.45, 2.75) is 13.8 Å². The molecule has 0 aliphatic heterocycles. The number of halogens is 2. The molecular weight excluding hydrogens is 223 g/mol. The molecule has 0 fully saturated rings. The van der Waals surface area contributed by atoms with E-state index < -0.39 is 0 Å². The molecule has 0 aliphatic carbocycles. The predicted molar refractivity (Wildman–Crippen MR) is 50.1 cm³/mol. The number of benzene rings is 1. The summed E-state index contributed by atoms with van der Waals surface area (Å²) in [7, 11) is 1.54. The Labute approximate surface area is 79.7 Å². The zero-order chi connectivity index (χ0) is 9.30. The van der Waals surface area contributed by atoms with Crippen molar-refractivity contribution in [2.75, 3.05) is 7.11 Å². The van der Waals surface area contributed by atoms with Crippen LogP contribution in [0.25, 0.3) is 0 Å². The van der Waals surface area contributed by atoms with Crippen molar-refractivity contribution in [3.05, 3.63) is 27.5 Å². The molecule has 0 radical (unpaired) electrons. The van der Waals surface area contributed by atoms with Crippen LogP contribution < -0.4 is 4.74 Å². The lowest BCUT2D eigenvalue weighted by molar-refractivity contribution is 0.403. The van der Waals surface area contributed by atoms with Gasteiger partial charge in [-0.3, -0.25) is 0 Å². The van der Waals surface area contributed by atoms with Gasteiger partial charge in [-0.15, -0.1) is 0 Å². The molecule has 12 heavy (non-hydrogen) atoms. The summed E-state index contributed by atoms with van der Waals surface area (Å²) >= 11 is 3.25. The van der Waals surface area contributed by atoms with E-state index in [0.717, 1.165) is 10.0 Å². The molecule has 0 aliphatic rings. The lowest BCUT2D eigenvalue weighted by Crippen LogP contribution is -1.94. The summed E-state index contributed by atoms with van der Waals surface area (Å²) < 4.78 is 18.9. The molecule has 0 aromatic heterocycles. The molecule has 0 amide bonds. The van der Waals surface area contributed by atoms with Crippen LogP contribution in [-0.4, -0.2) is 7.11 Å². The SMILES string of the molecule is COc1c(C)c(F)cc(Br)c1C. The van der Waals surface area contributed by atoms with Crippen LogP contribution in [0.15, 0.2) is 10.5 Å². The molecule has 0 saturated carbocycles. The van der Waals surface area contributed by atoms with Gasteiger partial charge in [-0.2, -0.15) is 0 Å². The molecule has 0 unspecified atom stereocenters. The number of hydrogen-bond acceptors (Lipinski definition) is 1. The van der Waals surface area contributed by atoms with Gasteiger partial charge in [0.15, 0.2) is 0 Å². The van der Waals surface area contributed by atoms with Gasteiger partial charge in [0.2, 0.25) is 0 Å². The molecule has 0 saturated heterocycles. The second kappa shape index (κ2) is 3.44. The monoisotopic (exact) mass is 232 g/mol. The normalized spacial score (nSPS) is 10.1. The Kier molecular flexibility index (Phi) is 2.73. The fourth-order valence-electron chi connectivity index (χ4n) is 1.13. The van der Waals surface area contributed by atoms with Crippen LogP contribution in [0.2, 0.25) is 0 Å². The summed E-state index contributed by atoms with van der Waals surface area (Å²) in [4.78, 5) is 0. The topological polar surface area (TPSA) is 9.23 Å². The van der Waals surface area contributed by atoms with Crippen LogP contribution in [0.4, 0.5) is 4.39 Å². The highest BCUT2D eigenvalue weighted by molar-refractivity contribution is 9.10. The van der Waals surface area contributed by atoms with Crippen molar-refractivity contribution in [3.8, 4) is 5.75 Å². The summed E-state index contributed by atoms with van der Waals surface area (Å²) in [5.74, 6) is 0.367. The van der Waals surface area contributed by atoms with Crippen LogP contribution in [0, 0.1) is 19.7 Å². The average Bonchev–Trinajstić information content (AvgIpc) is 2.02. The van der Waals surface area contributed by atoms with E-state index in [2.05, 4.69) is 15.9 Å². The van der Waals surface area contributed by atoms with Gasteiger partial charge in [0, 0.05) is 15.6 Å². The van der Waals surface area contributed by atoms with Crippen molar-refractivity contribution in [3.63, 3.8) is 0 Å². The van der Waals surface area contributed by atoms with Gasteiger partial charge in [-0.05, 0) is 19.9 Å². The molecule has 0 atom stereocenters. The molecule has 0 N–H and O–H groups in total. The van der Waals surface area contributed by atoms with Crippen LogP contribution in [0.3, 0.4) is 0 Å². The Morgan fingerprint density at radius 2 is 1.92 bits per heavy atom. The molecule has 1 aromatic rings. The highest BCUT2D eigenvalue weighted by Crippen LogP contribution is 2.31. The van der Waals surface area contributed by atoms with Crippen LogP contribution in [0.5, 0.6) is 5.75 Å². The van der Waals surface area contributed by atoms with E-state index in [-0.39, 0.29) is 5.82 Å². The van der Waals surface area contributed by atoms with E-state index in [4.69, 9.17) is 4.74 Å².